The summed E-state index contributed by atoms with van der Waals surface area (Å²) < 4.78 is 32.2. The molecular formula is C32H28FN3O6. The zero-order chi connectivity index (χ0) is 29.2. The van der Waals surface area contributed by atoms with E-state index in [4.69, 9.17) is 14.2 Å². The zero-order valence-electron chi connectivity index (χ0n) is 22.8. The van der Waals surface area contributed by atoms with Crippen LogP contribution in [-0.2, 0) is 6.42 Å². The molecule has 7 rings (SSSR count). The number of hydrogen-bond donors (Lipinski definition) is 2. The van der Waals surface area contributed by atoms with Crippen LogP contribution in [0.4, 0.5) is 4.39 Å². The molecule has 0 saturated heterocycles. The number of ether oxygens (including phenoxy) is 3. The molecule has 0 saturated carbocycles. The molecule has 1 atom stereocenters. The van der Waals surface area contributed by atoms with Crippen LogP contribution in [0.15, 0.2) is 72.9 Å². The molecule has 2 amide bonds. The maximum atomic E-state index is 14.5. The van der Waals surface area contributed by atoms with Gasteiger partial charge >= 0.3 is 0 Å². The standard InChI is InChI=1S/C32H28FN3O6/c1-40-28-10-3-20-16-29(28)41-14-2-12-34-31(38)25-17-23(6-8-26(25)33)42-22-5-7-24-19(15-22)11-13-36(30(20)24)32(39)27-9-4-21(37)18-35-27/h3-10,15-18,30,37H,2,11-14H2,1H3,(H,34,38). The van der Waals surface area contributed by atoms with Gasteiger partial charge < -0.3 is 29.5 Å². The third-order valence-electron chi connectivity index (χ3n) is 7.36. The number of aromatic hydroxyl groups is 1. The highest BCUT2D eigenvalue weighted by atomic mass is 19.1. The molecule has 9 nitrogen and oxygen atoms in total. The molecule has 0 radical (unpaired) electrons. The third-order valence-corrected chi connectivity index (χ3v) is 7.36. The SMILES string of the molecule is COc1ccc2cc1OCCCNC(=O)c1cc(ccc1F)Oc1ccc3c(c1)CCN(C(=O)c1ccc(O)cn1)C23. The highest BCUT2D eigenvalue weighted by Crippen LogP contribution is 2.41. The van der Waals surface area contributed by atoms with Crippen molar-refractivity contribution in [1.29, 1.82) is 0 Å². The van der Waals surface area contributed by atoms with E-state index in [1.165, 1.54) is 36.5 Å². The van der Waals surface area contributed by atoms with Crippen LogP contribution in [-0.4, -0.2) is 53.6 Å². The van der Waals surface area contributed by atoms with Crippen molar-refractivity contribution < 1.29 is 33.3 Å². The topological polar surface area (TPSA) is 110 Å². The Bertz CT molecular complexity index is 1660. The first kappa shape index (κ1) is 27.1. The number of hydrogen-bond acceptors (Lipinski definition) is 7. The molecule has 42 heavy (non-hydrogen) atoms. The second-order valence-corrected chi connectivity index (χ2v) is 10.0. The molecule has 8 bridgehead atoms. The first-order valence-corrected chi connectivity index (χ1v) is 13.6. The summed E-state index contributed by atoms with van der Waals surface area (Å²) in [5.74, 6) is 0.369. The number of aromatic nitrogens is 1. The van der Waals surface area contributed by atoms with Gasteiger partial charge in [0.2, 0.25) is 0 Å². The summed E-state index contributed by atoms with van der Waals surface area (Å²) in [5.41, 5.74) is 2.79. The normalized spacial score (nSPS) is 16.4. The predicted molar refractivity (Wildman–Crippen MR) is 151 cm³/mol. The average molecular weight is 570 g/mol. The smallest absolute Gasteiger partial charge is 0.273 e. The Balaban J connectivity index is 1.45. The molecule has 0 spiro atoms. The number of carbonyl (C=O) groups is 2. The number of nitrogens with zero attached hydrogens (tertiary/aromatic N) is 2. The Morgan fingerprint density at radius 3 is 2.74 bits per heavy atom. The Labute approximate surface area is 241 Å². The van der Waals surface area contributed by atoms with Gasteiger partial charge in [0.25, 0.3) is 11.8 Å². The first-order chi connectivity index (χ1) is 20.4. The van der Waals surface area contributed by atoms with Crippen LogP contribution in [0.1, 0.15) is 50.0 Å². The maximum Gasteiger partial charge on any atom is 0.273 e. The van der Waals surface area contributed by atoms with Crippen LogP contribution < -0.4 is 19.5 Å². The first-order valence-electron chi connectivity index (χ1n) is 13.6. The molecule has 10 heteroatoms. The molecule has 0 fully saturated rings. The highest BCUT2D eigenvalue weighted by Gasteiger charge is 2.34. The molecule has 4 aromatic rings. The average Bonchev–Trinajstić information content (AvgIpc) is 3.00. The minimum absolute atomic E-state index is 0.0240. The molecule has 4 heterocycles. The van der Waals surface area contributed by atoms with E-state index in [9.17, 15) is 19.1 Å². The lowest BCUT2D eigenvalue weighted by molar-refractivity contribution is 0.0688. The van der Waals surface area contributed by atoms with Crippen LogP contribution in [0.2, 0.25) is 0 Å². The number of pyridine rings is 1. The van der Waals surface area contributed by atoms with Gasteiger partial charge in [-0.1, -0.05) is 12.1 Å². The lowest BCUT2D eigenvalue weighted by Crippen LogP contribution is -2.41. The van der Waals surface area contributed by atoms with Crippen molar-refractivity contribution in [3.8, 4) is 28.7 Å². The third kappa shape index (κ3) is 5.30. The van der Waals surface area contributed by atoms with Gasteiger partial charge in [-0.05, 0) is 84.1 Å². The van der Waals surface area contributed by atoms with Gasteiger partial charge in [-0.15, -0.1) is 0 Å². The second-order valence-electron chi connectivity index (χ2n) is 10.0. The van der Waals surface area contributed by atoms with Crippen LogP contribution in [0.5, 0.6) is 28.7 Å². The molecule has 0 aliphatic carbocycles. The van der Waals surface area contributed by atoms with E-state index in [0.717, 1.165) is 16.7 Å². The minimum atomic E-state index is -0.645. The lowest BCUT2D eigenvalue weighted by atomic mass is 9.87. The number of rotatable bonds is 2. The number of halogens is 1. The Hall–Kier alpha value is -5.12. The van der Waals surface area contributed by atoms with Gasteiger partial charge in [0.05, 0.1) is 31.5 Å². The monoisotopic (exact) mass is 569 g/mol. The lowest BCUT2D eigenvalue weighted by Gasteiger charge is -2.38. The predicted octanol–water partition coefficient (Wildman–Crippen LogP) is 5.03. The van der Waals surface area contributed by atoms with E-state index in [1.54, 1.807) is 24.1 Å². The molecule has 3 aliphatic rings. The maximum absolute atomic E-state index is 14.5. The van der Waals surface area contributed by atoms with Crippen molar-refractivity contribution >= 4 is 11.8 Å². The van der Waals surface area contributed by atoms with E-state index in [1.807, 2.05) is 24.3 Å². The van der Waals surface area contributed by atoms with E-state index < -0.39 is 17.8 Å². The molecule has 3 aromatic carbocycles. The number of nitrogens with one attached hydrogen (secondary N) is 1. The van der Waals surface area contributed by atoms with Crippen LogP contribution in [0, 0.1) is 5.82 Å². The summed E-state index contributed by atoms with van der Waals surface area (Å²) in [4.78, 5) is 32.4. The summed E-state index contributed by atoms with van der Waals surface area (Å²) in [6.45, 7) is 0.919. The molecule has 1 aromatic heterocycles. The van der Waals surface area contributed by atoms with Gasteiger partial charge in [0.1, 0.15) is 28.8 Å². The van der Waals surface area contributed by atoms with Crippen molar-refractivity contribution in [3.63, 3.8) is 0 Å². The molecular weight excluding hydrogens is 541 g/mol. The minimum Gasteiger partial charge on any atom is -0.506 e. The van der Waals surface area contributed by atoms with Crippen molar-refractivity contribution in [3.05, 3.63) is 107 Å². The summed E-state index contributed by atoms with van der Waals surface area (Å²) >= 11 is 0. The van der Waals surface area contributed by atoms with Crippen molar-refractivity contribution in [2.24, 2.45) is 0 Å². The largest absolute Gasteiger partial charge is 0.506 e. The molecule has 1 unspecified atom stereocenters. The second kappa shape index (κ2) is 11.4. The van der Waals surface area contributed by atoms with Crippen molar-refractivity contribution in [2.45, 2.75) is 18.9 Å². The number of fused-ring (bicyclic) bond motifs is 6. The van der Waals surface area contributed by atoms with E-state index >= 15 is 0 Å². The van der Waals surface area contributed by atoms with Gasteiger partial charge in [-0.25, -0.2) is 9.37 Å². The summed E-state index contributed by atoms with van der Waals surface area (Å²) in [6, 6.07) is 17.7. The van der Waals surface area contributed by atoms with Crippen LogP contribution in [0.3, 0.4) is 0 Å². The van der Waals surface area contributed by atoms with Crippen molar-refractivity contribution in [2.75, 3.05) is 26.8 Å². The molecule has 214 valence electrons. The Kier molecular flexibility index (Phi) is 7.35. The van der Waals surface area contributed by atoms with Crippen molar-refractivity contribution in [1.82, 2.24) is 15.2 Å². The number of amides is 2. The highest BCUT2D eigenvalue weighted by molar-refractivity contribution is 5.95. The fourth-order valence-corrected chi connectivity index (χ4v) is 5.31. The summed E-state index contributed by atoms with van der Waals surface area (Å²) in [6.07, 6.45) is 2.26. The summed E-state index contributed by atoms with van der Waals surface area (Å²) in [7, 11) is 1.55. The Morgan fingerprint density at radius 1 is 1.10 bits per heavy atom. The van der Waals surface area contributed by atoms with Gasteiger partial charge in [0.15, 0.2) is 11.5 Å². The summed E-state index contributed by atoms with van der Waals surface area (Å²) in [5, 5.41) is 12.4. The van der Waals surface area contributed by atoms with Gasteiger partial charge in [-0.3, -0.25) is 9.59 Å². The van der Waals surface area contributed by atoms with E-state index in [2.05, 4.69) is 10.3 Å². The van der Waals surface area contributed by atoms with Crippen LogP contribution >= 0.6 is 0 Å². The fourth-order valence-electron chi connectivity index (χ4n) is 5.31. The number of methoxy groups -OCH3 is 1. The van der Waals surface area contributed by atoms with Crippen LogP contribution in [0.25, 0.3) is 0 Å². The number of carbonyl (C=O) groups excluding carboxylic acids is 2. The quantitative estimate of drug-likeness (QED) is 0.349. The van der Waals surface area contributed by atoms with E-state index in [-0.39, 0.29) is 36.1 Å². The zero-order valence-corrected chi connectivity index (χ0v) is 22.8. The number of benzene rings is 3. The fraction of sp³-hybridized carbons (Fsp3) is 0.219. The van der Waals surface area contributed by atoms with E-state index in [0.29, 0.717) is 42.4 Å². The molecule has 2 N–H and O–H groups in total. The Morgan fingerprint density at radius 2 is 1.93 bits per heavy atom. The van der Waals surface area contributed by atoms with Gasteiger partial charge in [0, 0.05) is 13.1 Å². The molecule has 3 aliphatic heterocycles. The van der Waals surface area contributed by atoms with Gasteiger partial charge in [-0.2, -0.15) is 0 Å².